The quantitative estimate of drug-likeness (QED) is 0.312. The molecule has 0 radical (unpaired) electrons. The van der Waals surface area contributed by atoms with E-state index in [2.05, 4.69) is 15.6 Å². The van der Waals surface area contributed by atoms with Crippen molar-refractivity contribution in [1.82, 2.24) is 10.5 Å². The number of nitrogens with one attached hydrogen (secondary N) is 2. The van der Waals surface area contributed by atoms with Gasteiger partial charge in [0.2, 0.25) is 0 Å². The SMILES string of the molecule is O=C(C[n+]1cc([N+](=O)[O-])c[nH]1)NN=Cc1ccc(O)cc1. The van der Waals surface area contributed by atoms with E-state index in [1.54, 1.807) is 12.1 Å². The van der Waals surface area contributed by atoms with Crippen LogP contribution < -0.4 is 10.1 Å². The highest BCUT2D eigenvalue weighted by molar-refractivity contribution is 5.82. The summed E-state index contributed by atoms with van der Waals surface area (Å²) in [6, 6.07) is 6.26. The molecule has 1 heterocycles. The van der Waals surface area contributed by atoms with Gasteiger partial charge >= 0.3 is 11.6 Å². The number of carbonyl (C=O) groups is 1. The first kappa shape index (κ1) is 14.2. The number of carbonyl (C=O) groups excluding carboxylic acids is 1. The summed E-state index contributed by atoms with van der Waals surface area (Å²) in [4.78, 5) is 21.5. The Labute approximate surface area is 118 Å². The molecule has 108 valence electrons. The lowest BCUT2D eigenvalue weighted by atomic mass is 10.2. The van der Waals surface area contributed by atoms with Gasteiger partial charge in [0.25, 0.3) is 12.7 Å². The molecule has 0 unspecified atom stereocenters. The van der Waals surface area contributed by atoms with E-state index in [9.17, 15) is 14.9 Å². The summed E-state index contributed by atoms with van der Waals surface area (Å²) in [5.74, 6) is -0.298. The summed E-state index contributed by atoms with van der Waals surface area (Å²) in [5.41, 5.74) is 2.87. The molecule has 0 atom stereocenters. The molecule has 3 N–H and O–H groups in total. The number of rotatable bonds is 5. The average molecular weight is 290 g/mol. The number of aromatic amines is 1. The third kappa shape index (κ3) is 4.13. The van der Waals surface area contributed by atoms with Crippen molar-refractivity contribution in [2.75, 3.05) is 0 Å². The van der Waals surface area contributed by atoms with Gasteiger partial charge in [-0.25, -0.2) is 5.43 Å². The number of hydrazone groups is 1. The molecule has 9 heteroatoms. The second kappa shape index (κ2) is 6.28. The van der Waals surface area contributed by atoms with Crippen LogP contribution >= 0.6 is 0 Å². The molecule has 0 aliphatic rings. The monoisotopic (exact) mass is 290 g/mol. The molecule has 0 saturated heterocycles. The van der Waals surface area contributed by atoms with Crippen molar-refractivity contribution >= 4 is 17.8 Å². The summed E-state index contributed by atoms with van der Waals surface area (Å²) in [5, 5.41) is 25.9. The summed E-state index contributed by atoms with van der Waals surface area (Å²) in [6.07, 6.45) is 3.81. The molecular weight excluding hydrogens is 278 g/mol. The van der Waals surface area contributed by atoms with E-state index < -0.39 is 10.8 Å². The molecule has 1 amide bonds. The topological polar surface area (TPSA) is 124 Å². The van der Waals surface area contributed by atoms with Crippen LogP contribution in [0.25, 0.3) is 0 Å². The van der Waals surface area contributed by atoms with Crippen molar-refractivity contribution in [2.45, 2.75) is 6.54 Å². The largest absolute Gasteiger partial charge is 0.508 e. The fraction of sp³-hybridized carbons (Fsp3) is 0.0833. The van der Waals surface area contributed by atoms with Crippen LogP contribution in [0.3, 0.4) is 0 Å². The second-order valence-corrected chi connectivity index (χ2v) is 4.10. The molecular formula is C12H12N5O4+. The van der Waals surface area contributed by atoms with Gasteiger partial charge in [-0.05, 0) is 29.8 Å². The Kier molecular flexibility index (Phi) is 4.24. The number of hydrogen-bond donors (Lipinski definition) is 3. The van der Waals surface area contributed by atoms with Gasteiger partial charge in [-0.2, -0.15) is 10.2 Å². The summed E-state index contributed by atoms with van der Waals surface area (Å²) < 4.78 is 1.27. The van der Waals surface area contributed by atoms with Crippen molar-refractivity contribution in [2.24, 2.45) is 5.10 Å². The number of H-pyrrole nitrogens is 1. The van der Waals surface area contributed by atoms with Gasteiger partial charge in [0.1, 0.15) is 11.9 Å². The predicted molar refractivity (Wildman–Crippen MR) is 71.5 cm³/mol. The number of nitrogens with zero attached hydrogens (tertiary/aromatic N) is 3. The van der Waals surface area contributed by atoms with E-state index in [1.807, 2.05) is 0 Å². The van der Waals surface area contributed by atoms with Crippen molar-refractivity contribution in [3.8, 4) is 5.75 Å². The third-order valence-corrected chi connectivity index (χ3v) is 2.49. The van der Waals surface area contributed by atoms with Gasteiger partial charge < -0.3 is 5.11 Å². The van der Waals surface area contributed by atoms with E-state index in [0.29, 0.717) is 5.56 Å². The Morgan fingerprint density at radius 2 is 2.19 bits per heavy atom. The van der Waals surface area contributed by atoms with Gasteiger partial charge in [0.05, 0.1) is 11.1 Å². The summed E-state index contributed by atoms with van der Waals surface area (Å²) >= 11 is 0. The highest BCUT2D eigenvalue weighted by Gasteiger charge is 2.17. The number of phenolic OH excluding ortho intramolecular Hbond substituents is 1. The maximum atomic E-state index is 11.6. The smallest absolute Gasteiger partial charge is 0.355 e. The number of aromatic hydroxyl groups is 1. The molecule has 0 aliphatic carbocycles. The van der Waals surface area contributed by atoms with Crippen LogP contribution in [0.1, 0.15) is 5.56 Å². The molecule has 0 fully saturated rings. The maximum absolute atomic E-state index is 11.6. The van der Waals surface area contributed by atoms with E-state index in [-0.39, 0.29) is 18.0 Å². The number of phenols is 1. The zero-order valence-electron chi connectivity index (χ0n) is 10.8. The Bertz CT molecular complexity index is 677. The molecule has 9 nitrogen and oxygen atoms in total. The lowest BCUT2D eigenvalue weighted by molar-refractivity contribution is -0.739. The molecule has 1 aromatic heterocycles. The zero-order chi connectivity index (χ0) is 15.2. The predicted octanol–water partition coefficient (Wildman–Crippen LogP) is 0.0663. The highest BCUT2D eigenvalue weighted by Crippen LogP contribution is 2.07. The minimum absolute atomic E-state index is 0.124. The van der Waals surface area contributed by atoms with Gasteiger partial charge in [0, 0.05) is 0 Å². The molecule has 2 rings (SSSR count). The Morgan fingerprint density at radius 1 is 1.48 bits per heavy atom. The number of aromatic nitrogens is 2. The third-order valence-electron chi connectivity index (χ3n) is 2.49. The van der Waals surface area contributed by atoms with Crippen LogP contribution in [0.15, 0.2) is 41.8 Å². The molecule has 1 aromatic carbocycles. The van der Waals surface area contributed by atoms with E-state index in [0.717, 1.165) is 0 Å². The van der Waals surface area contributed by atoms with Gasteiger partial charge in [-0.15, -0.1) is 4.68 Å². The minimum Gasteiger partial charge on any atom is -0.508 e. The molecule has 2 aromatic rings. The average Bonchev–Trinajstić information content (AvgIpc) is 2.90. The first-order valence-electron chi connectivity index (χ1n) is 5.88. The number of benzene rings is 1. The van der Waals surface area contributed by atoms with Crippen LogP contribution in [-0.2, 0) is 11.3 Å². The molecule has 0 bridgehead atoms. The first-order valence-corrected chi connectivity index (χ1v) is 5.88. The number of nitro groups is 1. The van der Waals surface area contributed by atoms with Gasteiger partial charge in [-0.3, -0.25) is 14.9 Å². The van der Waals surface area contributed by atoms with E-state index in [4.69, 9.17) is 5.11 Å². The highest BCUT2D eigenvalue weighted by atomic mass is 16.6. The summed E-state index contributed by atoms with van der Waals surface area (Å²) in [6.45, 7) is -0.124. The molecule has 0 aliphatic heterocycles. The Morgan fingerprint density at radius 3 is 2.81 bits per heavy atom. The minimum atomic E-state index is -0.562. The van der Waals surface area contributed by atoms with Crippen LogP contribution in [0.5, 0.6) is 5.75 Å². The zero-order valence-corrected chi connectivity index (χ0v) is 10.8. The van der Waals surface area contributed by atoms with Crippen LogP contribution in [0.2, 0.25) is 0 Å². The first-order chi connectivity index (χ1) is 10.0. The van der Waals surface area contributed by atoms with Crippen LogP contribution in [0, 0.1) is 10.1 Å². The van der Waals surface area contributed by atoms with Gasteiger partial charge in [-0.1, -0.05) is 0 Å². The Hall–Kier alpha value is -3.23. The fourth-order valence-electron chi connectivity index (χ4n) is 1.50. The van der Waals surface area contributed by atoms with Crippen molar-refractivity contribution in [3.63, 3.8) is 0 Å². The van der Waals surface area contributed by atoms with Crippen molar-refractivity contribution in [3.05, 3.63) is 52.3 Å². The van der Waals surface area contributed by atoms with E-state index >= 15 is 0 Å². The van der Waals surface area contributed by atoms with Crippen molar-refractivity contribution < 1.29 is 19.5 Å². The molecule has 21 heavy (non-hydrogen) atoms. The Balaban J connectivity index is 1.86. The van der Waals surface area contributed by atoms with Crippen molar-refractivity contribution in [1.29, 1.82) is 0 Å². The lowest BCUT2D eigenvalue weighted by Crippen LogP contribution is -2.42. The molecule has 0 spiro atoms. The van der Waals surface area contributed by atoms with Crippen LogP contribution in [0.4, 0.5) is 5.69 Å². The number of hydrogen-bond acceptors (Lipinski definition) is 5. The van der Waals surface area contributed by atoms with Crippen LogP contribution in [-0.4, -0.2) is 27.3 Å². The molecule has 0 saturated carbocycles. The number of amides is 1. The maximum Gasteiger partial charge on any atom is 0.355 e. The van der Waals surface area contributed by atoms with Gasteiger partial charge in [0.15, 0.2) is 0 Å². The second-order valence-electron chi connectivity index (χ2n) is 4.10. The lowest BCUT2D eigenvalue weighted by Gasteiger charge is -1.95. The normalized spacial score (nSPS) is 10.7. The summed E-state index contributed by atoms with van der Waals surface area (Å²) in [7, 11) is 0. The fourth-order valence-corrected chi connectivity index (χ4v) is 1.50. The standard InChI is InChI=1S/C12H11N5O4/c18-11-3-1-9(2-4-11)5-13-15-12(19)8-16-7-10(6-14-16)17(20)21/h1-7H,8H2,(H2,13,15,18,19)/p+1. The van der Waals surface area contributed by atoms with E-state index in [1.165, 1.54) is 35.4 Å².